The van der Waals surface area contributed by atoms with Gasteiger partial charge in [0.2, 0.25) is 0 Å². The fourth-order valence-electron chi connectivity index (χ4n) is 2.05. The van der Waals surface area contributed by atoms with Gasteiger partial charge in [-0.25, -0.2) is 4.98 Å². The molecule has 3 nitrogen and oxygen atoms in total. The molecule has 0 spiro atoms. The van der Waals surface area contributed by atoms with E-state index in [0.29, 0.717) is 0 Å². The lowest BCUT2D eigenvalue weighted by Crippen LogP contribution is -2.35. The second-order valence-corrected chi connectivity index (χ2v) is 6.37. The summed E-state index contributed by atoms with van der Waals surface area (Å²) in [6.45, 7) is 11.7. The van der Waals surface area contributed by atoms with Crippen LogP contribution in [0.1, 0.15) is 39.7 Å². The maximum absolute atomic E-state index is 4.58. The molecule has 19 heavy (non-hydrogen) atoms. The van der Waals surface area contributed by atoms with Crippen molar-refractivity contribution in [3.63, 3.8) is 0 Å². The first-order valence-electron chi connectivity index (χ1n) is 7.04. The van der Waals surface area contributed by atoms with E-state index in [9.17, 15) is 0 Å². The Hall–Kier alpha value is -1.35. The molecule has 0 aromatic carbocycles. The third-order valence-corrected chi connectivity index (χ3v) is 3.39. The van der Waals surface area contributed by atoms with Crippen molar-refractivity contribution in [2.75, 3.05) is 18.0 Å². The standard InChI is InChI=1S/C16H25N3/c1-13-7-9-19(10-8-13)15-6-5-14(11-17-15)12-18-16(2,3)4/h5-7,11,18H,8-10,12H2,1-4H3. The monoisotopic (exact) mass is 259 g/mol. The molecule has 0 bridgehead atoms. The van der Waals surface area contributed by atoms with Crippen molar-refractivity contribution >= 4 is 5.82 Å². The van der Waals surface area contributed by atoms with E-state index in [1.807, 2.05) is 6.20 Å². The first-order chi connectivity index (χ1) is 8.94. The zero-order valence-electron chi connectivity index (χ0n) is 12.5. The average Bonchev–Trinajstić information content (AvgIpc) is 2.37. The van der Waals surface area contributed by atoms with Gasteiger partial charge in [0.1, 0.15) is 5.82 Å². The minimum absolute atomic E-state index is 0.147. The van der Waals surface area contributed by atoms with E-state index in [0.717, 1.165) is 31.9 Å². The van der Waals surface area contributed by atoms with Crippen LogP contribution in [0, 0.1) is 0 Å². The van der Waals surface area contributed by atoms with Crippen molar-refractivity contribution in [1.82, 2.24) is 10.3 Å². The fourth-order valence-corrected chi connectivity index (χ4v) is 2.05. The smallest absolute Gasteiger partial charge is 0.128 e. The van der Waals surface area contributed by atoms with Gasteiger partial charge in [-0.3, -0.25) is 0 Å². The van der Waals surface area contributed by atoms with Crippen LogP contribution in [0.15, 0.2) is 30.0 Å². The van der Waals surface area contributed by atoms with Crippen molar-refractivity contribution in [2.45, 2.75) is 46.2 Å². The molecular formula is C16H25N3. The fraction of sp³-hybridized carbons (Fsp3) is 0.562. The Morgan fingerprint density at radius 3 is 2.63 bits per heavy atom. The number of nitrogens with zero attached hydrogens (tertiary/aromatic N) is 2. The third-order valence-electron chi connectivity index (χ3n) is 3.39. The van der Waals surface area contributed by atoms with E-state index in [4.69, 9.17) is 0 Å². The Kier molecular flexibility index (Phi) is 4.25. The molecule has 2 rings (SSSR count). The lowest BCUT2D eigenvalue weighted by molar-refractivity contribution is 0.424. The molecule has 2 heterocycles. The van der Waals surface area contributed by atoms with Crippen LogP contribution in [0.3, 0.4) is 0 Å². The molecule has 0 atom stereocenters. The number of aromatic nitrogens is 1. The normalized spacial score (nSPS) is 16.4. The summed E-state index contributed by atoms with van der Waals surface area (Å²) in [4.78, 5) is 6.91. The van der Waals surface area contributed by atoms with E-state index >= 15 is 0 Å². The summed E-state index contributed by atoms with van der Waals surface area (Å²) in [6.07, 6.45) is 5.43. The molecule has 3 heteroatoms. The number of pyridine rings is 1. The Labute approximate surface area is 116 Å². The second-order valence-electron chi connectivity index (χ2n) is 6.37. The first-order valence-corrected chi connectivity index (χ1v) is 7.04. The summed E-state index contributed by atoms with van der Waals surface area (Å²) in [5.74, 6) is 1.09. The van der Waals surface area contributed by atoms with Gasteiger partial charge in [0.25, 0.3) is 0 Å². The van der Waals surface area contributed by atoms with E-state index in [1.165, 1.54) is 11.1 Å². The lowest BCUT2D eigenvalue weighted by Gasteiger charge is -2.26. The van der Waals surface area contributed by atoms with E-state index < -0.39 is 0 Å². The predicted molar refractivity (Wildman–Crippen MR) is 81.4 cm³/mol. The quantitative estimate of drug-likeness (QED) is 0.845. The molecule has 1 aromatic rings. The highest BCUT2D eigenvalue weighted by atomic mass is 15.2. The highest BCUT2D eigenvalue weighted by molar-refractivity contribution is 5.41. The third kappa shape index (κ3) is 4.35. The van der Waals surface area contributed by atoms with Gasteiger partial charge in [0.15, 0.2) is 0 Å². The van der Waals surface area contributed by atoms with Crippen molar-refractivity contribution in [2.24, 2.45) is 0 Å². The minimum Gasteiger partial charge on any atom is -0.353 e. The Bertz CT molecular complexity index is 440. The molecule has 0 fully saturated rings. The maximum Gasteiger partial charge on any atom is 0.128 e. The van der Waals surface area contributed by atoms with Gasteiger partial charge in [-0.05, 0) is 45.7 Å². The van der Waals surface area contributed by atoms with Crippen molar-refractivity contribution in [1.29, 1.82) is 0 Å². The number of rotatable bonds is 3. The van der Waals surface area contributed by atoms with Crippen LogP contribution in [-0.2, 0) is 6.54 Å². The number of anilines is 1. The predicted octanol–water partition coefficient (Wildman–Crippen LogP) is 3.13. The Morgan fingerprint density at radius 2 is 2.11 bits per heavy atom. The highest BCUT2D eigenvalue weighted by Crippen LogP contribution is 2.17. The van der Waals surface area contributed by atoms with Crippen molar-refractivity contribution < 1.29 is 0 Å². The van der Waals surface area contributed by atoms with E-state index in [2.05, 4.69) is 61.1 Å². The molecule has 1 aliphatic heterocycles. The van der Waals surface area contributed by atoms with Crippen LogP contribution in [0.5, 0.6) is 0 Å². The van der Waals surface area contributed by atoms with Gasteiger partial charge in [0, 0.05) is 31.4 Å². The Morgan fingerprint density at radius 1 is 1.32 bits per heavy atom. The molecule has 1 N–H and O–H groups in total. The SMILES string of the molecule is CC1=CCN(c2ccc(CNC(C)(C)C)cn2)CC1. The lowest BCUT2D eigenvalue weighted by atomic mass is 10.1. The molecule has 0 saturated carbocycles. The molecule has 0 aliphatic carbocycles. The van der Waals surface area contributed by atoms with Gasteiger partial charge in [-0.2, -0.15) is 0 Å². The zero-order valence-corrected chi connectivity index (χ0v) is 12.5. The highest BCUT2D eigenvalue weighted by Gasteiger charge is 2.12. The van der Waals surface area contributed by atoms with Crippen LogP contribution < -0.4 is 10.2 Å². The van der Waals surface area contributed by atoms with Gasteiger partial charge in [-0.15, -0.1) is 0 Å². The van der Waals surface area contributed by atoms with Crippen LogP contribution in [-0.4, -0.2) is 23.6 Å². The van der Waals surface area contributed by atoms with Gasteiger partial charge in [-0.1, -0.05) is 17.7 Å². The maximum atomic E-state index is 4.58. The van der Waals surface area contributed by atoms with Gasteiger partial charge >= 0.3 is 0 Å². The number of hydrogen-bond donors (Lipinski definition) is 1. The summed E-state index contributed by atoms with van der Waals surface area (Å²) >= 11 is 0. The average molecular weight is 259 g/mol. The van der Waals surface area contributed by atoms with Gasteiger partial charge < -0.3 is 10.2 Å². The molecule has 0 saturated heterocycles. The number of hydrogen-bond acceptors (Lipinski definition) is 3. The second kappa shape index (κ2) is 5.74. The first kappa shape index (κ1) is 14.1. The molecule has 1 aliphatic rings. The molecule has 0 amide bonds. The zero-order chi connectivity index (χ0) is 13.9. The number of nitrogens with one attached hydrogen (secondary N) is 1. The largest absolute Gasteiger partial charge is 0.353 e. The summed E-state index contributed by atoms with van der Waals surface area (Å²) in [6, 6.07) is 4.31. The van der Waals surface area contributed by atoms with Crippen molar-refractivity contribution in [3.8, 4) is 0 Å². The molecule has 104 valence electrons. The molecule has 0 unspecified atom stereocenters. The Balaban J connectivity index is 1.95. The molecule has 0 radical (unpaired) electrons. The minimum atomic E-state index is 0.147. The topological polar surface area (TPSA) is 28.2 Å². The van der Waals surface area contributed by atoms with E-state index in [-0.39, 0.29) is 5.54 Å². The molecular weight excluding hydrogens is 234 g/mol. The van der Waals surface area contributed by atoms with Crippen LogP contribution in [0.25, 0.3) is 0 Å². The summed E-state index contributed by atoms with van der Waals surface area (Å²) < 4.78 is 0. The summed E-state index contributed by atoms with van der Waals surface area (Å²) in [5.41, 5.74) is 2.87. The summed E-state index contributed by atoms with van der Waals surface area (Å²) in [5, 5.41) is 3.48. The van der Waals surface area contributed by atoms with Crippen LogP contribution in [0.2, 0.25) is 0 Å². The summed E-state index contributed by atoms with van der Waals surface area (Å²) in [7, 11) is 0. The van der Waals surface area contributed by atoms with Crippen LogP contribution >= 0.6 is 0 Å². The van der Waals surface area contributed by atoms with Crippen molar-refractivity contribution in [3.05, 3.63) is 35.5 Å². The van der Waals surface area contributed by atoms with Crippen LogP contribution in [0.4, 0.5) is 5.82 Å². The van der Waals surface area contributed by atoms with Gasteiger partial charge in [0.05, 0.1) is 0 Å². The van der Waals surface area contributed by atoms with E-state index in [1.54, 1.807) is 0 Å². The molecule has 1 aromatic heterocycles.